The Morgan fingerprint density at radius 2 is 2.30 bits per heavy atom. The van der Waals surface area contributed by atoms with Crippen LogP contribution in [0.2, 0.25) is 5.02 Å². The first kappa shape index (κ1) is 15.3. The molecule has 0 bridgehead atoms. The Balaban J connectivity index is 2.18. The molecule has 1 fully saturated rings. The van der Waals surface area contributed by atoms with Gasteiger partial charge in [-0.2, -0.15) is 0 Å². The average Bonchev–Trinajstić information content (AvgIpc) is 2.37. The molecule has 20 heavy (non-hydrogen) atoms. The quantitative estimate of drug-likeness (QED) is 0.859. The van der Waals surface area contributed by atoms with Crippen LogP contribution in [0.1, 0.15) is 12.0 Å². The van der Waals surface area contributed by atoms with Gasteiger partial charge in [-0.15, -0.1) is 0 Å². The van der Waals surface area contributed by atoms with Crippen LogP contribution >= 0.6 is 27.5 Å². The van der Waals surface area contributed by atoms with Crippen LogP contribution in [0.5, 0.6) is 0 Å². The lowest BCUT2D eigenvalue weighted by Crippen LogP contribution is -2.55. The minimum atomic E-state index is -0.984. The Hall–Kier alpha value is -1.11. The minimum Gasteiger partial charge on any atom is -0.481 e. The van der Waals surface area contributed by atoms with Crippen LogP contribution < -0.4 is 5.32 Å². The zero-order chi connectivity index (χ0) is 14.7. The second-order valence-electron chi connectivity index (χ2n) is 4.61. The van der Waals surface area contributed by atoms with Crippen molar-refractivity contribution in [1.82, 2.24) is 10.2 Å². The highest BCUT2D eigenvalue weighted by molar-refractivity contribution is 9.10. The lowest BCUT2D eigenvalue weighted by Gasteiger charge is -2.34. The number of carboxylic acid groups (broad SMARTS) is 1. The molecule has 1 aromatic rings. The van der Waals surface area contributed by atoms with Gasteiger partial charge in [0.25, 0.3) is 0 Å². The highest BCUT2D eigenvalue weighted by Crippen LogP contribution is 2.24. The summed E-state index contributed by atoms with van der Waals surface area (Å²) < 4.78 is 0.891. The number of benzene rings is 1. The second-order valence-corrected chi connectivity index (χ2v) is 5.90. The summed E-state index contributed by atoms with van der Waals surface area (Å²) in [6.45, 7) is 1.61. The number of carboxylic acids is 1. The summed E-state index contributed by atoms with van der Waals surface area (Å²) in [6, 6.07) is 4.78. The third kappa shape index (κ3) is 3.71. The van der Waals surface area contributed by atoms with Crippen molar-refractivity contribution >= 4 is 39.4 Å². The highest BCUT2D eigenvalue weighted by Gasteiger charge is 2.31. The molecule has 108 valence electrons. The third-order valence-corrected chi connectivity index (χ3v) is 4.20. The lowest BCUT2D eigenvalue weighted by atomic mass is 10.1. The summed E-state index contributed by atoms with van der Waals surface area (Å²) in [6.07, 6.45) is -0.204. The van der Waals surface area contributed by atoms with Gasteiger partial charge in [0, 0.05) is 29.1 Å². The second kappa shape index (κ2) is 6.56. The number of aliphatic carboxylic acids is 1. The zero-order valence-corrected chi connectivity index (χ0v) is 12.9. The van der Waals surface area contributed by atoms with E-state index in [0.717, 1.165) is 10.0 Å². The summed E-state index contributed by atoms with van der Waals surface area (Å²) in [4.78, 5) is 24.6. The van der Waals surface area contributed by atoms with E-state index in [9.17, 15) is 9.59 Å². The first-order valence-corrected chi connectivity index (χ1v) is 7.32. The maximum absolute atomic E-state index is 11.8. The van der Waals surface area contributed by atoms with E-state index in [-0.39, 0.29) is 12.3 Å². The molecule has 1 saturated heterocycles. The Kier molecular flexibility index (Phi) is 5.01. The van der Waals surface area contributed by atoms with Crippen molar-refractivity contribution in [3.8, 4) is 0 Å². The molecule has 0 spiro atoms. The summed E-state index contributed by atoms with van der Waals surface area (Å²) in [5.41, 5.74) is 0.933. The van der Waals surface area contributed by atoms with Crippen LogP contribution in [0.15, 0.2) is 22.7 Å². The molecule has 0 aliphatic carbocycles. The first-order valence-electron chi connectivity index (χ1n) is 6.15. The number of hydrogen-bond acceptors (Lipinski definition) is 3. The molecule has 1 unspecified atom stereocenters. The first-order chi connectivity index (χ1) is 9.47. The zero-order valence-electron chi connectivity index (χ0n) is 10.6. The van der Waals surface area contributed by atoms with Gasteiger partial charge in [-0.25, -0.2) is 0 Å². The largest absolute Gasteiger partial charge is 0.481 e. The van der Waals surface area contributed by atoms with Gasteiger partial charge in [-0.05, 0) is 23.8 Å². The van der Waals surface area contributed by atoms with Gasteiger partial charge < -0.3 is 10.4 Å². The monoisotopic (exact) mass is 360 g/mol. The molecule has 0 radical (unpaired) electrons. The molecule has 0 aromatic heterocycles. The van der Waals surface area contributed by atoms with Crippen molar-refractivity contribution in [3.05, 3.63) is 33.3 Å². The fourth-order valence-electron chi connectivity index (χ4n) is 2.22. The van der Waals surface area contributed by atoms with E-state index < -0.39 is 12.0 Å². The molecule has 5 nitrogen and oxygen atoms in total. The molecule has 1 aliphatic heterocycles. The van der Waals surface area contributed by atoms with Crippen molar-refractivity contribution in [2.75, 3.05) is 13.1 Å². The average molecular weight is 362 g/mol. The molecule has 1 amide bonds. The number of nitrogens with one attached hydrogen (secondary N) is 1. The van der Waals surface area contributed by atoms with Crippen molar-refractivity contribution in [3.63, 3.8) is 0 Å². The van der Waals surface area contributed by atoms with Gasteiger partial charge >= 0.3 is 5.97 Å². The highest BCUT2D eigenvalue weighted by atomic mass is 79.9. The molecule has 1 heterocycles. The number of piperazine rings is 1. The smallest absolute Gasteiger partial charge is 0.305 e. The van der Waals surface area contributed by atoms with E-state index in [1.165, 1.54) is 0 Å². The normalized spacial score (nSPS) is 19.7. The molecule has 2 rings (SSSR count). The molecular formula is C13H14BrClN2O3. The third-order valence-electron chi connectivity index (χ3n) is 3.19. The van der Waals surface area contributed by atoms with E-state index in [1.54, 1.807) is 6.07 Å². The Labute approximate surface area is 130 Å². The summed E-state index contributed by atoms with van der Waals surface area (Å²) in [5, 5.41) is 12.2. The Bertz CT molecular complexity index is 538. The number of amides is 1. The Morgan fingerprint density at radius 3 is 3.00 bits per heavy atom. The summed E-state index contributed by atoms with van der Waals surface area (Å²) in [5.74, 6) is -1.22. The van der Waals surface area contributed by atoms with Gasteiger partial charge in [-0.1, -0.05) is 27.5 Å². The van der Waals surface area contributed by atoms with E-state index in [2.05, 4.69) is 21.2 Å². The van der Waals surface area contributed by atoms with Crippen molar-refractivity contribution in [2.45, 2.75) is 19.0 Å². The topological polar surface area (TPSA) is 69.6 Å². The lowest BCUT2D eigenvalue weighted by molar-refractivity contribution is -0.143. The van der Waals surface area contributed by atoms with Gasteiger partial charge in [0.2, 0.25) is 5.91 Å². The number of nitrogens with zero attached hydrogens (tertiary/aromatic N) is 1. The minimum absolute atomic E-state index is 0.204. The molecule has 1 aromatic carbocycles. The molecular weight excluding hydrogens is 348 g/mol. The van der Waals surface area contributed by atoms with E-state index in [0.29, 0.717) is 24.7 Å². The standard InChI is InChI=1S/C13H14BrClN2O3/c14-10-2-1-9(15)5-8(10)7-17-4-3-16-13(20)11(17)6-12(18)19/h1-2,5,11H,3-4,6-7H2,(H,16,20)(H,18,19). The summed E-state index contributed by atoms with van der Waals surface area (Å²) in [7, 11) is 0. The van der Waals surface area contributed by atoms with E-state index in [1.807, 2.05) is 17.0 Å². The van der Waals surface area contributed by atoms with E-state index in [4.69, 9.17) is 16.7 Å². The van der Waals surface area contributed by atoms with Gasteiger partial charge in [0.1, 0.15) is 6.04 Å². The molecule has 0 saturated carbocycles. The number of hydrogen-bond donors (Lipinski definition) is 2. The molecule has 2 N–H and O–H groups in total. The number of halogens is 2. The molecule has 1 atom stereocenters. The van der Waals surface area contributed by atoms with Crippen LogP contribution in [-0.4, -0.2) is 41.0 Å². The SMILES string of the molecule is O=C(O)CC1C(=O)NCCN1Cc1cc(Cl)ccc1Br. The number of carbonyl (C=O) groups excluding carboxylic acids is 1. The van der Waals surface area contributed by atoms with Crippen LogP contribution in [0, 0.1) is 0 Å². The fourth-order valence-corrected chi connectivity index (χ4v) is 2.79. The van der Waals surface area contributed by atoms with Crippen LogP contribution in [0.25, 0.3) is 0 Å². The van der Waals surface area contributed by atoms with Gasteiger partial charge in [-0.3, -0.25) is 14.5 Å². The van der Waals surface area contributed by atoms with Crippen molar-refractivity contribution in [2.24, 2.45) is 0 Å². The van der Waals surface area contributed by atoms with Crippen LogP contribution in [0.4, 0.5) is 0 Å². The molecule has 1 aliphatic rings. The predicted molar refractivity (Wildman–Crippen MR) is 78.6 cm³/mol. The maximum atomic E-state index is 11.8. The van der Waals surface area contributed by atoms with Crippen molar-refractivity contribution < 1.29 is 14.7 Å². The summed E-state index contributed by atoms with van der Waals surface area (Å²) >= 11 is 9.41. The van der Waals surface area contributed by atoms with Crippen LogP contribution in [0.3, 0.4) is 0 Å². The van der Waals surface area contributed by atoms with Gasteiger partial charge in [0.05, 0.1) is 6.42 Å². The number of carbonyl (C=O) groups is 2. The van der Waals surface area contributed by atoms with Crippen molar-refractivity contribution in [1.29, 1.82) is 0 Å². The van der Waals surface area contributed by atoms with Crippen LogP contribution in [-0.2, 0) is 16.1 Å². The Morgan fingerprint density at radius 1 is 1.55 bits per heavy atom. The predicted octanol–water partition coefficient (Wildman–Crippen LogP) is 1.88. The molecule has 7 heteroatoms. The fraction of sp³-hybridized carbons (Fsp3) is 0.385. The maximum Gasteiger partial charge on any atom is 0.305 e. The van der Waals surface area contributed by atoms with E-state index >= 15 is 0 Å². The number of rotatable bonds is 4. The van der Waals surface area contributed by atoms with Gasteiger partial charge in [0.15, 0.2) is 0 Å².